The Balaban J connectivity index is 3.14. The maximum Gasteiger partial charge on any atom is 0.256 e. The first-order valence-electron chi connectivity index (χ1n) is 6.17. The first-order chi connectivity index (χ1) is 9.29. The minimum absolute atomic E-state index is 0.0587. The molecule has 1 aromatic rings. The summed E-state index contributed by atoms with van der Waals surface area (Å²) < 4.78 is 51.6. The number of benzene rings is 1. The molecular formula is C12H19F2N3O2S. The number of hydrazine groups is 1. The van der Waals surface area contributed by atoms with E-state index in [4.69, 9.17) is 0 Å². The summed E-state index contributed by atoms with van der Waals surface area (Å²) in [6.45, 7) is 2.45. The van der Waals surface area contributed by atoms with Crippen molar-refractivity contribution in [1.29, 1.82) is 0 Å². The maximum atomic E-state index is 14.2. The van der Waals surface area contributed by atoms with Crippen LogP contribution in [-0.4, -0.2) is 34.1 Å². The van der Waals surface area contributed by atoms with Crippen LogP contribution < -0.4 is 10.1 Å². The van der Waals surface area contributed by atoms with E-state index in [-0.39, 0.29) is 12.1 Å². The molecule has 0 amide bonds. The van der Waals surface area contributed by atoms with Crippen molar-refractivity contribution in [3.63, 3.8) is 0 Å². The Morgan fingerprint density at radius 3 is 2.45 bits per heavy atom. The number of hydrogen-bond acceptors (Lipinski definition) is 4. The van der Waals surface area contributed by atoms with Gasteiger partial charge in [0.2, 0.25) is 0 Å². The van der Waals surface area contributed by atoms with Crippen molar-refractivity contribution in [3.05, 3.63) is 29.3 Å². The molecule has 0 unspecified atom stereocenters. The zero-order chi connectivity index (χ0) is 15.3. The van der Waals surface area contributed by atoms with Crippen molar-refractivity contribution in [2.24, 2.45) is 0 Å². The molecule has 0 atom stereocenters. The summed E-state index contributed by atoms with van der Waals surface area (Å²) in [6.07, 6.45) is 0.809. The van der Waals surface area contributed by atoms with E-state index in [0.29, 0.717) is 6.54 Å². The van der Waals surface area contributed by atoms with Gasteiger partial charge in [0.05, 0.1) is 0 Å². The van der Waals surface area contributed by atoms with Crippen molar-refractivity contribution in [2.75, 3.05) is 20.6 Å². The molecular weight excluding hydrogens is 288 g/mol. The normalized spacial score (nSPS) is 12.1. The molecule has 0 aliphatic heterocycles. The van der Waals surface area contributed by atoms with Gasteiger partial charge in [0, 0.05) is 26.2 Å². The number of hydrogen-bond donors (Lipinski definition) is 2. The van der Waals surface area contributed by atoms with Gasteiger partial charge < -0.3 is 5.32 Å². The Morgan fingerprint density at radius 2 is 1.90 bits per heavy atom. The summed E-state index contributed by atoms with van der Waals surface area (Å²) in [6, 6.07) is 1.87. The lowest BCUT2D eigenvalue weighted by Gasteiger charge is -2.15. The number of rotatable bonds is 7. The second-order valence-corrected chi connectivity index (χ2v) is 6.13. The van der Waals surface area contributed by atoms with Crippen molar-refractivity contribution < 1.29 is 17.2 Å². The molecule has 0 bridgehead atoms. The largest absolute Gasteiger partial charge is 0.312 e. The van der Waals surface area contributed by atoms with Crippen LogP contribution in [0.15, 0.2) is 17.0 Å². The number of nitrogens with zero attached hydrogens (tertiary/aromatic N) is 1. The summed E-state index contributed by atoms with van der Waals surface area (Å²) in [4.78, 5) is 1.54. The van der Waals surface area contributed by atoms with Crippen LogP contribution in [-0.2, 0) is 16.6 Å². The van der Waals surface area contributed by atoms with Gasteiger partial charge in [-0.2, -0.15) is 0 Å². The van der Waals surface area contributed by atoms with Gasteiger partial charge in [-0.05, 0) is 25.1 Å². The molecule has 0 fully saturated rings. The first kappa shape index (κ1) is 17.0. The Labute approximate surface area is 118 Å². The topological polar surface area (TPSA) is 61.4 Å². The predicted molar refractivity (Wildman–Crippen MR) is 72.4 cm³/mol. The lowest BCUT2D eigenvalue weighted by atomic mass is 10.2. The van der Waals surface area contributed by atoms with Crippen LogP contribution in [0.1, 0.15) is 18.9 Å². The predicted octanol–water partition coefficient (Wildman–Crippen LogP) is 1.22. The minimum atomic E-state index is -4.05. The molecule has 1 aromatic carbocycles. The van der Waals surface area contributed by atoms with Crippen molar-refractivity contribution in [3.8, 4) is 0 Å². The molecule has 8 heteroatoms. The fraction of sp³-hybridized carbons (Fsp3) is 0.500. The van der Waals surface area contributed by atoms with E-state index in [1.807, 2.05) is 6.92 Å². The zero-order valence-corrected chi connectivity index (χ0v) is 12.5. The van der Waals surface area contributed by atoms with Gasteiger partial charge >= 0.3 is 0 Å². The van der Waals surface area contributed by atoms with E-state index in [1.165, 1.54) is 19.1 Å². The molecule has 0 spiro atoms. The average Bonchev–Trinajstić information content (AvgIpc) is 2.31. The van der Waals surface area contributed by atoms with Gasteiger partial charge in [0.1, 0.15) is 10.7 Å². The number of halogens is 2. The van der Waals surface area contributed by atoms with Crippen LogP contribution >= 0.6 is 0 Å². The van der Waals surface area contributed by atoms with Crippen LogP contribution in [0.2, 0.25) is 0 Å². The molecule has 0 aliphatic rings. The third-order valence-electron chi connectivity index (χ3n) is 2.47. The lowest BCUT2D eigenvalue weighted by Crippen LogP contribution is -2.36. The summed E-state index contributed by atoms with van der Waals surface area (Å²) in [7, 11) is -1.13. The summed E-state index contributed by atoms with van der Waals surface area (Å²) >= 11 is 0. The smallest absolute Gasteiger partial charge is 0.256 e. The highest BCUT2D eigenvalue weighted by atomic mass is 32.2. The molecule has 0 aliphatic carbocycles. The molecule has 2 N–H and O–H groups in total. The third-order valence-corrected chi connectivity index (χ3v) is 3.97. The van der Waals surface area contributed by atoms with Crippen LogP contribution in [0.4, 0.5) is 8.78 Å². The van der Waals surface area contributed by atoms with E-state index in [9.17, 15) is 17.2 Å². The first-order valence-corrected chi connectivity index (χ1v) is 7.65. The molecule has 0 heterocycles. The monoisotopic (exact) mass is 307 g/mol. The second-order valence-electron chi connectivity index (χ2n) is 4.50. The minimum Gasteiger partial charge on any atom is -0.312 e. The highest BCUT2D eigenvalue weighted by Crippen LogP contribution is 2.21. The van der Waals surface area contributed by atoms with E-state index in [1.54, 1.807) is 0 Å². The molecule has 114 valence electrons. The van der Waals surface area contributed by atoms with Crippen molar-refractivity contribution in [1.82, 2.24) is 15.2 Å². The van der Waals surface area contributed by atoms with Crippen LogP contribution in [0, 0.1) is 11.6 Å². The Morgan fingerprint density at radius 1 is 1.25 bits per heavy atom. The Kier molecular flexibility index (Phi) is 6.00. The van der Waals surface area contributed by atoms with Crippen molar-refractivity contribution in [2.45, 2.75) is 24.8 Å². The fourth-order valence-electron chi connectivity index (χ4n) is 1.63. The van der Waals surface area contributed by atoms with Gasteiger partial charge in [0.25, 0.3) is 10.0 Å². The van der Waals surface area contributed by atoms with E-state index < -0.39 is 26.6 Å². The highest BCUT2D eigenvalue weighted by Gasteiger charge is 2.23. The van der Waals surface area contributed by atoms with Crippen molar-refractivity contribution >= 4 is 10.0 Å². The van der Waals surface area contributed by atoms with E-state index >= 15 is 0 Å². The Bertz CT molecular complexity index is 562. The zero-order valence-electron chi connectivity index (χ0n) is 11.7. The van der Waals surface area contributed by atoms with Gasteiger partial charge in [0.15, 0.2) is 5.82 Å². The molecule has 0 aromatic heterocycles. The number of nitrogens with one attached hydrogen (secondary N) is 2. The quantitative estimate of drug-likeness (QED) is 0.587. The molecule has 0 saturated carbocycles. The van der Waals surface area contributed by atoms with Crippen LogP contribution in [0.3, 0.4) is 0 Å². The summed E-state index contributed by atoms with van der Waals surface area (Å²) in [5.41, 5.74) is -0.278. The van der Waals surface area contributed by atoms with Crippen LogP contribution in [0.5, 0.6) is 0 Å². The van der Waals surface area contributed by atoms with Gasteiger partial charge in [-0.15, -0.1) is 4.83 Å². The van der Waals surface area contributed by atoms with E-state index in [2.05, 4.69) is 10.1 Å². The molecule has 0 radical (unpaired) electrons. The van der Waals surface area contributed by atoms with Gasteiger partial charge in [-0.3, -0.25) is 0 Å². The third kappa shape index (κ3) is 4.20. The highest BCUT2D eigenvalue weighted by molar-refractivity contribution is 7.89. The molecule has 20 heavy (non-hydrogen) atoms. The number of sulfonamides is 1. The standard InChI is InChI=1S/C12H19F2N3O2S/c1-4-7-15-8-9-10(13)5-6-11(12(9)14)20(18,19)16-17(2)3/h5-6,15-16H,4,7-8H2,1-3H3. The van der Waals surface area contributed by atoms with Crippen LogP contribution in [0.25, 0.3) is 0 Å². The second kappa shape index (κ2) is 7.07. The Hall–Kier alpha value is -1.09. The molecule has 0 saturated heterocycles. The molecule has 5 nitrogen and oxygen atoms in total. The van der Waals surface area contributed by atoms with Gasteiger partial charge in [-0.1, -0.05) is 6.92 Å². The SMILES string of the molecule is CCCNCc1c(F)ccc(S(=O)(=O)NN(C)C)c1F. The summed E-state index contributed by atoms with van der Waals surface area (Å²) in [5, 5.41) is 4.02. The lowest BCUT2D eigenvalue weighted by molar-refractivity contribution is 0.362. The van der Waals surface area contributed by atoms with E-state index in [0.717, 1.165) is 18.6 Å². The summed E-state index contributed by atoms with van der Waals surface area (Å²) in [5.74, 6) is -1.84. The van der Waals surface area contributed by atoms with Gasteiger partial charge in [-0.25, -0.2) is 22.2 Å². The fourth-order valence-corrected chi connectivity index (χ4v) is 2.81. The molecule has 1 rings (SSSR count). The maximum absolute atomic E-state index is 14.2. The average molecular weight is 307 g/mol.